The number of benzene rings is 1. The molecule has 0 aliphatic carbocycles. The van der Waals surface area contributed by atoms with Gasteiger partial charge in [0.05, 0.1) is 12.0 Å². The van der Waals surface area contributed by atoms with E-state index in [4.69, 9.17) is 4.74 Å². The molecule has 1 aromatic carbocycles. The monoisotopic (exact) mass is 387 g/mol. The van der Waals surface area contributed by atoms with Gasteiger partial charge >= 0.3 is 0 Å². The number of carbonyl (C=O) groups excluding carboxylic acids is 1. The lowest BCUT2D eigenvalue weighted by Crippen LogP contribution is -2.24. The number of carbonyl (C=O) groups is 1. The zero-order valence-corrected chi connectivity index (χ0v) is 15.5. The Balaban J connectivity index is 1.72. The summed E-state index contributed by atoms with van der Waals surface area (Å²) < 4.78 is 31.0. The Kier molecular flexibility index (Phi) is 5.17. The lowest BCUT2D eigenvalue weighted by molar-refractivity contribution is 0.0945. The van der Waals surface area contributed by atoms with Crippen LogP contribution in [-0.2, 0) is 16.6 Å². The van der Waals surface area contributed by atoms with E-state index >= 15 is 0 Å². The third-order valence-corrected chi connectivity index (χ3v) is 5.25. The number of aromatic nitrogens is 4. The number of methoxy groups -OCH3 is 1. The molecule has 0 saturated carbocycles. The van der Waals surface area contributed by atoms with Gasteiger partial charge in [-0.15, -0.1) is 0 Å². The number of aryl methyl sites for hydroxylation is 1. The summed E-state index contributed by atoms with van der Waals surface area (Å²) in [4.78, 5) is 20.3. The fraction of sp³-hybridized carbons (Fsp3) is 0.176. The van der Waals surface area contributed by atoms with Crippen molar-refractivity contribution in [2.24, 2.45) is 0 Å². The number of hydrogen-bond acceptors (Lipinski definition) is 7. The highest BCUT2D eigenvalue weighted by atomic mass is 32.2. The van der Waals surface area contributed by atoms with Gasteiger partial charge in [0.2, 0.25) is 0 Å². The van der Waals surface area contributed by atoms with Crippen LogP contribution in [-0.4, -0.2) is 40.6 Å². The standard InChI is InChI=1S/C17H17N5O4S/c1-12-18-9-13(10-19-12)11-20-17(23)16-7-8-22(21-16)27(24,25)15-5-3-14(26-2)4-6-15/h3-10H,11H2,1-2H3,(H,20,23). The van der Waals surface area contributed by atoms with E-state index in [1.807, 2.05) is 0 Å². The summed E-state index contributed by atoms with van der Waals surface area (Å²) in [5.74, 6) is 0.668. The molecule has 1 amide bonds. The van der Waals surface area contributed by atoms with E-state index in [9.17, 15) is 13.2 Å². The normalized spacial score (nSPS) is 11.2. The van der Waals surface area contributed by atoms with E-state index < -0.39 is 15.9 Å². The molecule has 27 heavy (non-hydrogen) atoms. The van der Waals surface area contributed by atoms with Crippen molar-refractivity contribution >= 4 is 15.9 Å². The van der Waals surface area contributed by atoms with Gasteiger partial charge in [-0.3, -0.25) is 4.79 Å². The zero-order chi connectivity index (χ0) is 19.4. The first kappa shape index (κ1) is 18.5. The molecule has 0 aliphatic heterocycles. The molecular weight excluding hydrogens is 370 g/mol. The van der Waals surface area contributed by atoms with Gasteiger partial charge in [-0.05, 0) is 37.3 Å². The van der Waals surface area contributed by atoms with Crippen LogP contribution in [0.3, 0.4) is 0 Å². The second-order valence-electron chi connectivity index (χ2n) is 5.58. The number of nitrogens with one attached hydrogen (secondary N) is 1. The first-order chi connectivity index (χ1) is 12.9. The molecule has 140 valence electrons. The first-order valence-electron chi connectivity index (χ1n) is 7.91. The molecule has 3 rings (SSSR count). The van der Waals surface area contributed by atoms with Gasteiger partial charge in [0.25, 0.3) is 15.9 Å². The van der Waals surface area contributed by atoms with Crippen LogP contribution < -0.4 is 10.1 Å². The van der Waals surface area contributed by atoms with E-state index in [1.54, 1.807) is 19.3 Å². The minimum Gasteiger partial charge on any atom is -0.497 e. The van der Waals surface area contributed by atoms with Crippen molar-refractivity contribution in [2.75, 3.05) is 7.11 Å². The Bertz CT molecular complexity index is 1040. The first-order valence-corrected chi connectivity index (χ1v) is 9.35. The summed E-state index contributed by atoms with van der Waals surface area (Å²) in [6.07, 6.45) is 4.44. The average molecular weight is 387 g/mol. The highest BCUT2D eigenvalue weighted by molar-refractivity contribution is 7.89. The van der Waals surface area contributed by atoms with Crippen molar-refractivity contribution in [1.29, 1.82) is 0 Å². The van der Waals surface area contributed by atoms with E-state index in [2.05, 4.69) is 20.4 Å². The Hall–Kier alpha value is -3.27. The van der Waals surface area contributed by atoms with Crippen molar-refractivity contribution < 1.29 is 17.9 Å². The molecule has 2 aromatic heterocycles. The summed E-state index contributed by atoms with van der Waals surface area (Å²) >= 11 is 0. The Morgan fingerprint density at radius 1 is 1.15 bits per heavy atom. The molecule has 0 radical (unpaired) electrons. The van der Waals surface area contributed by atoms with Gasteiger partial charge in [0.1, 0.15) is 11.6 Å². The summed E-state index contributed by atoms with van der Waals surface area (Å²) in [7, 11) is -2.41. The number of rotatable bonds is 6. The van der Waals surface area contributed by atoms with Crippen LogP contribution in [0.2, 0.25) is 0 Å². The van der Waals surface area contributed by atoms with Crippen LogP contribution in [0.15, 0.2) is 53.8 Å². The highest BCUT2D eigenvalue weighted by Crippen LogP contribution is 2.17. The maximum Gasteiger partial charge on any atom is 0.282 e. The van der Waals surface area contributed by atoms with Gasteiger partial charge in [-0.25, -0.2) is 9.97 Å². The summed E-state index contributed by atoms with van der Waals surface area (Å²) in [6.45, 7) is 1.97. The maximum absolute atomic E-state index is 12.6. The van der Waals surface area contributed by atoms with E-state index in [0.29, 0.717) is 11.6 Å². The van der Waals surface area contributed by atoms with E-state index in [1.165, 1.54) is 43.6 Å². The molecule has 0 unspecified atom stereocenters. The molecule has 3 aromatic rings. The molecule has 0 atom stereocenters. The maximum atomic E-state index is 12.6. The van der Waals surface area contributed by atoms with Crippen LogP contribution in [0.5, 0.6) is 5.75 Å². The summed E-state index contributed by atoms with van der Waals surface area (Å²) in [6, 6.07) is 7.23. The van der Waals surface area contributed by atoms with Gasteiger partial charge in [0.15, 0.2) is 5.69 Å². The SMILES string of the molecule is COc1ccc(S(=O)(=O)n2ccc(C(=O)NCc3cnc(C)nc3)n2)cc1. The molecule has 10 heteroatoms. The van der Waals surface area contributed by atoms with Gasteiger partial charge in [-0.1, -0.05) is 0 Å². The average Bonchev–Trinajstić information content (AvgIpc) is 3.18. The fourth-order valence-electron chi connectivity index (χ4n) is 2.20. The number of nitrogens with zero attached hydrogens (tertiary/aromatic N) is 4. The smallest absolute Gasteiger partial charge is 0.282 e. The second-order valence-corrected chi connectivity index (χ2v) is 7.37. The largest absolute Gasteiger partial charge is 0.497 e. The number of ether oxygens (including phenoxy) is 1. The molecule has 0 spiro atoms. The van der Waals surface area contributed by atoms with Crippen molar-refractivity contribution in [2.45, 2.75) is 18.4 Å². The molecule has 9 nitrogen and oxygen atoms in total. The molecule has 0 bridgehead atoms. The van der Waals surface area contributed by atoms with Crippen molar-refractivity contribution in [3.63, 3.8) is 0 Å². The van der Waals surface area contributed by atoms with Gasteiger partial charge in [-0.2, -0.15) is 17.6 Å². The highest BCUT2D eigenvalue weighted by Gasteiger charge is 2.20. The molecule has 2 heterocycles. The summed E-state index contributed by atoms with van der Waals surface area (Å²) in [5.41, 5.74) is 0.708. The molecule has 0 fully saturated rings. The van der Waals surface area contributed by atoms with Crippen LogP contribution in [0.4, 0.5) is 0 Å². The van der Waals surface area contributed by atoms with Crippen molar-refractivity contribution in [3.8, 4) is 5.75 Å². The lowest BCUT2D eigenvalue weighted by Gasteiger charge is -2.06. The third-order valence-electron chi connectivity index (χ3n) is 3.69. The minimum atomic E-state index is -3.90. The van der Waals surface area contributed by atoms with Crippen molar-refractivity contribution in [3.05, 3.63) is 66.0 Å². The van der Waals surface area contributed by atoms with Gasteiger partial charge in [0, 0.05) is 30.7 Å². The fourth-order valence-corrected chi connectivity index (χ4v) is 3.31. The summed E-state index contributed by atoms with van der Waals surface area (Å²) in [5, 5.41) is 6.53. The lowest BCUT2D eigenvalue weighted by atomic mass is 10.3. The van der Waals surface area contributed by atoms with Crippen molar-refractivity contribution in [1.82, 2.24) is 24.5 Å². The minimum absolute atomic E-state index is 0.0138. The number of amides is 1. The Morgan fingerprint density at radius 3 is 2.44 bits per heavy atom. The second kappa shape index (κ2) is 7.54. The predicted octanol–water partition coefficient (Wildman–Crippen LogP) is 1.16. The van der Waals surface area contributed by atoms with Crippen LogP contribution in [0.1, 0.15) is 21.9 Å². The quantitative estimate of drug-likeness (QED) is 0.674. The molecule has 1 N–H and O–H groups in total. The predicted molar refractivity (Wildman–Crippen MR) is 95.7 cm³/mol. The van der Waals surface area contributed by atoms with Crippen LogP contribution >= 0.6 is 0 Å². The van der Waals surface area contributed by atoms with E-state index in [0.717, 1.165) is 9.65 Å². The van der Waals surface area contributed by atoms with Crippen LogP contribution in [0, 0.1) is 6.92 Å². The third kappa shape index (κ3) is 4.11. The number of hydrogen-bond donors (Lipinski definition) is 1. The van der Waals surface area contributed by atoms with Crippen LogP contribution in [0.25, 0.3) is 0 Å². The zero-order valence-electron chi connectivity index (χ0n) is 14.7. The Labute approximate surface area is 156 Å². The topological polar surface area (TPSA) is 116 Å². The Morgan fingerprint density at radius 2 is 1.81 bits per heavy atom. The molecule has 0 aliphatic rings. The van der Waals surface area contributed by atoms with Gasteiger partial charge < -0.3 is 10.1 Å². The molecular formula is C17H17N5O4S. The molecule has 0 saturated heterocycles. The van der Waals surface area contributed by atoms with E-state index in [-0.39, 0.29) is 17.1 Å².